The van der Waals surface area contributed by atoms with Gasteiger partial charge >= 0.3 is 0 Å². The van der Waals surface area contributed by atoms with E-state index in [-0.39, 0.29) is 23.0 Å². The molecule has 0 unspecified atom stereocenters. The number of anilines is 1. The van der Waals surface area contributed by atoms with E-state index in [9.17, 15) is 9.18 Å². The fourth-order valence-corrected chi connectivity index (χ4v) is 3.03. The maximum absolute atomic E-state index is 13.9. The number of benzene rings is 1. The Morgan fingerprint density at radius 3 is 2.84 bits per heavy atom. The third kappa shape index (κ3) is 3.49. The predicted molar refractivity (Wildman–Crippen MR) is 95.6 cm³/mol. The maximum Gasteiger partial charge on any atom is 0.224 e. The first-order valence-corrected chi connectivity index (χ1v) is 8.31. The summed E-state index contributed by atoms with van der Waals surface area (Å²) in [5.41, 5.74) is 4.56. The summed E-state index contributed by atoms with van der Waals surface area (Å²) < 4.78 is 15.6. The molecule has 7 heteroatoms. The van der Waals surface area contributed by atoms with E-state index in [0.29, 0.717) is 6.42 Å². The number of nitrogens with one attached hydrogen (secondary N) is 1. The van der Waals surface area contributed by atoms with E-state index in [1.54, 1.807) is 10.6 Å². The van der Waals surface area contributed by atoms with Crippen LogP contribution >= 0.6 is 11.6 Å². The molecule has 0 aliphatic heterocycles. The lowest BCUT2D eigenvalue weighted by atomic mass is 10.1. The monoisotopic (exact) mass is 360 g/mol. The second-order valence-corrected chi connectivity index (χ2v) is 6.37. The Labute approximate surface area is 149 Å². The zero-order chi connectivity index (χ0) is 18.1. The van der Waals surface area contributed by atoms with Crippen LogP contribution in [0.4, 0.5) is 10.1 Å². The minimum absolute atomic E-state index is 0.0202. The zero-order valence-electron chi connectivity index (χ0n) is 14.2. The van der Waals surface area contributed by atoms with E-state index in [0.717, 1.165) is 28.3 Å². The Morgan fingerprint density at radius 1 is 1.32 bits per heavy atom. The van der Waals surface area contributed by atoms with Gasteiger partial charge < -0.3 is 5.32 Å². The smallest absolute Gasteiger partial charge is 0.224 e. The number of hydrogen-bond donors (Lipinski definition) is 1. The van der Waals surface area contributed by atoms with E-state index in [1.165, 1.54) is 12.1 Å². The van der Waals surface area contributed by atoms with Gasteiger partial charge in [0.2, 0.25) is 5.91 Å². The normalized spacial score (nSPS) is 11.1. The summed E-state index contributed by atoms with van der Waals surface area (Å²) in [4.78, 5) is 16.7. The Bertz CT molecular complexity index is 967. The van der Waals surface area contributed by atoms with Crippen molar-refractivity contribution in [3.05, 3.63) is 57.8 Å². The second kappa shape index (κ2) is 6.80. The highest BCUT2D eigenvalue weighted by Crippen LogP contribution is 2.22. The number of amides is 1. The van der Waals surface area contributed by atoms with Gasteiger partial charge in [0.15, 0.2) is 11.5 Å². The van der Waals surface area contributed by atoms with E-state index < -0.39 is 5.82 Å². The average molecular weight is 361 g/mol. The molecule has 1 amide bonds. The first-order chi connectivity index (χ1) is 11.9. The molecule has 0 saturated heterocycles. The van der Waals surface area contributed by atoms with Crippen LogP contribution in [0.2, 0.25) is 5.02 Å². The minimum Gasteiger partial charge on any atom is -0.324 e. The fourth-order valence-electron chi connectivity index (χ4n) is 2.85. The predicted octanol–water partition coefficient (Wildman–Crippen LogP) is 4.02. The quantitative estimate of drug-likeness (QED) is 0.764. The summed E-state index contributed by atoms with van der Waals surface area (Å²) in [5, 5.41) is 6.96. The molecule has 0 saturated carbocycles. The van der Waals surface area contributed by atoms with E-state index >= 15 is 0 Å². The summed E-state index contributed by atoms with van der Waals surface area (Å²) in [5.74, 6) is -0.906. The summed E-state index contributed by atoms with van der Waals surface area (Å²) >= 11 is 5.72. The first-order valence-electron chi connectivity index (χ1n) is 7.93. The average Bonchev–Trinajstić information content (AvgIpc) is 2.92. The van der Waals surface area contributed by atoms with Crippen LogP contribution in [0.3, 0.4) is 0 Å². The Kier molecular flexibility index (Phi) is 4.72. The number of nitrogens with zero attached hydrogens (tertiary/aromatic N) is 3. The molecule has 5 nitrogen and oxygen atoms in total. The van der Waals surface area contributed by atoms with Crippen LogP contribution in [-0.2, 0) is 11.2 Å². The standard InChI is InChI=1S/C18H18ClFN4O/c1-10-9-16-21-11(2)13(12(3)24(16)23-10)7-8-17(25)22-15-6-4-5-14(19)18(15)20/h4-6,9H,7-8H2,1-3H3,(H,22,25). The highest BCUT2D eigenvalue weighted by atomic mass is 35.5. The van der Waals surface area contributed by atoms with Crippen LogP contribution in [0, 0.1) is 26.6 Å². The molecule has 0 fully saturated rings. The number of aryl methyl sites for hydroxylation is 3. The Morgan fingerprint density at radius 2 is 2.08 bits per heavy atom. The molecule has 3 rings (SSSR count). The number of halogens is 2. The fraction of sp³-hybridized carbons (Fsp3) is 0.278. The number of hydrogen-bond acceptors (Lipinski definition) is 3. The van der Waals surface area contributed by atoms with Crippen LogP contribution in [0.1, 0.15) is 29.1 Å². The third-order valence-electron chi connectivity index (χ3n) is 4.11. The largest absolute Gasteiger partial charge is 0.324 e. The van der Waals surface area contributed by atoms with Crippen molar-refractivity contribution in [1.82, 2.24) is 14.6 Å². The van der Waals surface area contributed by atoms with Gasteiger partial charge in [-0.05, 0) is 44.9 Å². The maximum atomic E-state index is 13.9. The molecule has 25 heavy (non-hydrogen) atoms. The van der Waals surface area contributed by atoms with Gasteiger partial charge in [0.05, 0.1) is 16.4 Å². The van der Waals surface area contributed by atoms with Crippen molar-refractivity contribution < 1.29 is 9.18 Å². The molecular weight excluding hydrogens is 343 g/mol. The van der Waals surface area contributed by atoms with Gasteiger partial charge in [-0.15, -0.1) is 0 Å². The van der Waals surface area contributed by atoms with Crippen molar-refractivity contribution in [3.8, 4) is 0 Å². The molecule has 0 spiro atoms. The summed E-state index contributed by atoms with van der Waals surface area (Å²) in [6.07, 6.45) is 0.703. The molecule has 0 aliphatic carbocycles. The van der Waals surface area contributed by atoms with Crippen molar-refractivity contribution in [2.45, 2.75) is 33.6 Å². The van der Waals surface area contributed by atoms with Crippen molar-refractivity contribution in [2.75, 3.05) is 5.32 Å². The molecule has 0 bridgehead atoms. The lowest BCUT2D eigenvalue weighted by Gasteiger charge is -2.11. The molecule has 0 atom stereocenters. The molecule has 130 valence electrons. The number of rotatable bonds is 4. The highest BCUT2D eigenvalue weighted by Gasteiger charge is 2.14. The van der Waals surface area contributed by atoms with Crippen LogP contribution < -0.4 is 5.32 Å². The molecular formula is C18H18ClFN4O. The number of carbonyl (C=O) groups is 1. The molecule has 0 aliphatic rings. The Hall–Kier alpha value is -2.47. The summed E-state index contributed by atoms with van der Waals surface area (Å²) in [7, 11) is 0. The molecule has 3 aromatic rings. The van der Waals surface area contributed by atoms with Gasteiger partial charge in [-0.2, -0.15) is 5.10 Å². The van der Waals surface area contributed by atoms with Gasteiger partial charge in [-0.3, -0.25) is 4.79 Å². The molecule has 1 N–H and O–H groups in total. The number of aromatic nitrogens is 3. The van der Waals surface area contributed by atoms with Crippen molar-refractivity contribution in [1.29, 1.82) is 0 Å². The van der Waals surface area contributed by atoms with Crippen molar-refractivity contribution in [2.24, 2.45) is 0 Å². The van der Waals surface area contributed by atoms with E-state index in [4.69, 9.17) is 11.6 Å². The zero-order valence-corrected chi connectivity index (χ0v) is 15.0. The van der Waals surface area contributed by atoms with Crippen LogP contribution in [0.25, 0.3) is 5.65 Å². The molecule has 2 heterocycles. The van der Waals surface area contributed by atoms with E-state index in [2.05, 4.69) is 15.4 Å². The van der Waals surface area contributed by atoms with Gasteiger partial charge in [0.1, 0.15) is 0 Å². The topological polar surface area (TPSA) is 59.3 Å². The van der Waals surface area contributed by atoms with Crippen molar-refractivity contribution >= 4 is 28.8 Å². The second-order valence-electron chi connectivity index (χ2n) is 5.97. The molecule has 2 aromatic heterocycles. The van der Waals surface area contributed by atoms with Crippen molar-refractivity contribution in [3.63, 3.8) is 0 Å². The number of fused-ring (bicyclic) bond motifs is 1. The minimum atomic E-state index is -0.625. The lowest BCUT2D eigenvalue weighted by Crippen LogP contribution is -2.15. The van der Waals surface area contributed by atoms with Gasteiger partial charge in [-0.1, -0.05) is 17.7 Å². The SMILES string of the molecule is Cc1cc2nc(C)c(CCC(=O)Nc3cccc(Cl)c3F)c(C)n2n1. The molecule has 0 radical (unpaired) electrons. The Balaban J connectivity index is 1.76. The highest BCUT2D eigenvalue weighted by molar-refractivity contribution is 6.31. The number of carbonyl (C=O) groups excluding carboxylic acids is 1. The summed E-state index contributed by atoms with van der Waals surface area (Å²) in [6.45, 7) is 5.79. The van der Waals surface area contributed by atoms with Crippen LogP contribution in [-0.4, -0.2) is 20.5 Å². The lowest BCUT2D eigenvalue weighted by molar-refractivity contribution is -0.116. The van der Waals surface area contributed by atoms with Gasteiger partial charge in [-0.25, -0.2) is 13.9 Å². The third-order valence-corrected chi connectivity index (χ3v) is 4.41. The first kappa shape index (κ1) is 17.4. The van der Waals surface area contributed by atoms with Gasteiger partial charge in [0.25, 0.3) is 0 Å². The molecule has 1 aromatic carbocycles. The van der Waals surface area contributed by atoms with Gasteiger partial charge in [0, 0.05) is 23.9 Å². The van der Waals surface area contributed by atoms with E-state index in [1.807, 2.05) is 26.8 Å². The summed E-state index contributed by atoms with van der Waals surface area (Å²) in [6, 6.07) is 6.42. The van der Waals surface area contributed by atoms with Crippen LogP contribution in [0.15, 0.2) is 24.3 Å². The van der Waals surface area contributed by atoms with Crippen LogP contribution in [0.5, 0.6) is 0 Å².